The molecule has 4 rings (SSSR count). The lowest BCUT2D eigenvalue weighted by Crippen LogP contribution is -1.90. The van der Waals surface area contributed by atoms with Crippen molar-refractivity contribution in [2.75, 3.05) is 0 Å². The second-order valence-corrected chi connectivity index (χ2v) is 4.97. The Morgan fingerprint density at radius 1 is 0.545 bits per heavy atom. The quantitative estimate of drug-likeness (QED) is 0.595. The van der Waals surface area contributed by atoms with Gasteiger partial charge in [-0.2, -0.15) is 0 Å². The van der Waals surface area contributed by atoms with Crippen molar-refractivity contribution >= 4 is 0 Å². The lowest BCUT2D eigenvalue weighted by molar-refractivity contribution is 1.30. The molecule has 0 fully saturated rings. The van der Waals surface area contributed by atoms with Crippen LogP contribution in [-0.2, 0) is 0 Å². The minimum atomic E-state index is 0.866. The van der Waals surface area contributed by atoms with E-state index in [0.29, 0.717) is 0 Å². The third-order valence-electron chi connectivity index (χ3n) is 3.65. The van der Waals surface area contributed by atoms with Crippen LogP contribution in [-0.4, -0.2) is 19.9 Å². The molecule has 0 atom stereocenters. The molecule has 0 radical (unpaired) electrons. The first-order chi connectivity index (χ1) is 10.9. The van der Waals surface area contributed by atoms with Crippen molar-refractivity contribution in [2.24, 2.45) is 0 Å². The van der Waals surface area contributed by atoms with Gasteiger partial charge in [0.2, 0.25) is 0 Å². The van der Waals surface area contributed by atoms with Gasteiger partial charge in [0.05, 0.1) is 0 Å². The summed E-state index contributed by atoms with van der Waals surface area (Å²) in [5.74, 6) is 1.73. The van der Waals surface area contributed by atoms with Crippen molar-refractivity contribution < 1.29 is 0 Å². The van der Waals surface area contributed by atoms with Crippen LogP contribution < -0.4 is 0 Å². The van der Waals surface area contributed by atoms with Crippen LogP contribution in [0.5, 0.6) is 0 Å². The average molecular weight is 286 g/mol. The summed E-state index contributed by atoms with van der Waals surface area (Å²) in [7, 11) is 0. The van der Waals surface area contributed by atoms with Crippen molar-refractivity contribution in [3.8, 4) is 33.9 Å². The van der Waals surface area contributed by atoms with Crippen molar-refractivity contribution in [3.05, 3.63) is 73.3 Å². The molecule has 106 valence electrons. The van der Waals surface area contributed by atoms with Gasteiger partial charge in [-0.05, 0) is 11.1 Å². The highest BCUT2D eigenvalue weighted by Gasteiger charge is 2.13. The van der Waals surface area contributed by atoms with E-state index in [0.717, 1.165) is 33.9 Å². The molecule has 2 aromatic carbocycles. The van der Waals surface area contributed by atoms with E-state index in [9.17, 15) is 0 Å². The molecule has 2 aromatic heterocycles. The summed E-state index contributed by atoms with van der Waals surface area (Å²) in [6, 6.07) is 16.5. The third kappa shape index (κ3) is 2.11. The Bertz CT molecular complexity index is 801. The summed E-state index contributed by atoms with van der Waals surface area (Å²) < 4.78 is 0. The average Bonchev–Trinajstić information content (AvgIpc) is 3.28. The van der Waals surface area contributed by atoms with Crippen LogP contribution in [0, 0.1) is 0 Å². The molecule has 4 nitrogen and oxygen atoms in total. The van der Waals surface area contributed by atoms with E-state index < -0.39 is 0 Å². The molecule has 2 N–H and O–H groups in total. The number of imidazole rings is 2. The van der Waals surface area contributed by atoms with Gasteiger partial charge in [-0.3, -0.25) is 0 Å². The lowest BCUT2D eigenvalue weighted by Gasteiger charge is -2.11. The van der Waals surface area contributed by atoms with E-state index in [2.05, 4.69) is 44.2 Å². The van der Waals surface area contributed by atoms with Crippen LogP contribution in [0.4, 0.5) is 0 Å². The fourth-order valence-electron chi connectivity index (χ4n) is 2.67. The topological polar surface area (TPSA) is 57.4 Å². The number of nitrogens with one attached hydrogen (secondary N) is 2. The minimum Gasteiger partial charge on any atom is -0.345 e. The zero-order valence-electron chi connectivity index (χ0n) is 11.8. The number of hydrogen-bond acceptors (Lipinski definition) is 2. The predicted octanol–water partition coefficient (Wildman–Crippen LogP) is 4.13. The standard InChI is InChI=1S/C18H14N4/c1-3-7-15(17-19-9-10-20-17)13(5-1)14-6-2-4-8-16(14)18-21-11-12-22-18/h1-12H,(H,19,20)(H,21,22). The van der Waals surface area contributed by atoms with Crippen LogP contribution in [0.1, 0.15) is 0 Å². The first-order valence-electron chi connectivity index (χ1n) is 7.11. The minimum absolute atomic E-state index is 0.866. The zero-order valence-corrected chi connectivity index (χ0v) is 11.8. The highest BCUT2D eigenvalue weighted by Crippen LogP contribution is 2.35. The van der Waals surface area contributed by atoms with Gasteiger partial charge in [0.25, 0.3) is 0 Å². The second-order valence-electron chi connectivity index (χ2n) is 4.97. The van der Waals surface area contributed by atoms with Crippen LogP contribution in [0.25, 0.3) is 33.9 Å². The van der Waals surface area contributed by atoms with E-state index in [1.54, 1.807) is 12.4 Å². The number of aromatic amines is 2. The third-order valence-corrected chi connectivity index (χ3v) is 3.65. The molecule has 4 heteroatoms. The highest BCUT2D eigenvalue weighted by atomic mass is 14.9. The number of nitrogens with zero attached hydrogens (tertiary/aromatic N) is 2. The molecule has 0 aliphatic rings. The molecule has 0 saturated carbocycles. The largest absolute Gasteiger partial charge is 0.345 e. The Hall–Kier alpha value is -3.14. The zero-order chi connectivity index (χ0) is 14.8. The van der Waals surface area contributed by atoms with Gasteiger partial charge in [-0.25, -0.2) is 9.97 Å². The van der Waals surface area contributed by atoms with Crippen molar-refractivity contribution in [1.82, 2.24) is 19.9 Å². The molecular formula is C18H14N4. The first-order valence-corrected chi connectivity index (χ1v) is 7.11. The maximum atomic E-state index is 4.39. The molecule has 0 saturated heterocycles. The van der Waals surface area contributed by atoms with Gasteiger partial charge < -0.3 is 9.97 Å². The van der Waals surface area contributed by atoms with Crippen molar-refractivity contribution in [2.45, 2.75) is 0 Å². The maximum absolute atomic E-state index is 4.39. The summed E-state index contributed by atoms with van der Waals surface area (Å²) in [6.07, 6.45) is 7.21. The molecule has 0 amide bonds. The van der Waals surface area contributed by atoms with E-state index in [-0.39, 0.29) is 0 Å². The summed E-state index contributed by atoms with van der Waals surface area (Å²) in [4.78, 5) is 15.1. The van der Waals surface area contributed by atoms with Gasteiger partial charge in [-0.1, -0.05) is 48.5 Å². The fraction of sp³-hybridized carbons (Fsp3) is 0. The molecule has 0 unspecified atom stereocenters. The monoisotopic (exact) mass is 286 g/mol. The molecule has 4 aromatic rings. The summed E-state index contributed by atoms with van der Waals surface area (Å²) in [6.45, 7) is 0. The Morgan fingerprint density at radius 3 is 1.32 bits per heavy atom. The number of aromatic nitrogens is 4. The van der Waals surface area contributed by atoms with Gasteiger partial charge >= 0.3 is 0 Å². The molecule has 22 heavy (non-hydrogen) atoms. The van der Waals surface area contributed by atoms with E-state index in [1.165, 1.54) is 0 Å². The Balaban J connectivity index is 1.95. The second kappa shape index (κ2) is 5.33. The fourth-order valence-corrected chi connectivity index (χ4v) is 2.67. The van der Waals surface area contributed by atoms with Crippen molar-refractivity contribution in [1.29, 1.82) is 0 Å². The predicted molar refractivity (Wildman–Crippen MR) is 87.0 cm³/mol. The number of benzene rings is 2. The van der Waals surface area contributed by atoms with E-state index in [4.69, 9.17) is 0 Å². The lowest BCUT2D eigenvalue weighted by atomic mass is 9.95. The maximum Gasteiger partial charge on any atom is 0.137 e. The normalized spacial score (nSPS) is 10.7. The smallest absolute Gasteiger partial charge is 0.137 e. The SMILES string of the molecule is c1ccc(-c2ccccc2-c2ncc[nH]2)c(-c2ncc[nH]2)c1. The van der Waals surface area contributed by atoms with Crippen LogP contribution >= 0.6 is 0 Å². The summed E-state index contributed by atoms with van der Waals surface area (Å²) in [5, 5.41) is 0. The Labute approximate surface area is 127 Å². The first kappa shape index (κ1) is 12.6. The highest BCUT2D eigenvalue weighted by molar-refractivity contribution is 5.88. The van der Waals surface area contributed by atoms with Crippen LogP contribution in [0.15, 0.2) is 73.3 Å². The summed E-state index contributed by atoms with van der Waals surface area (Å²) >= 11 is 0. The van der Waals surface area contributed by atoms with Crippen molar-refractivity contribution in [3.63, 3.8) is 0 Å². The van der Waals surface area contributed by atoms with Gasteiger partial charge in [0.15, 0.2) is 0 Å². The van der Waals surface area contributed by atoms with Gasteiger partial charge in [0.1, 0.15) is 11.6 Å². The Morgan fingerprint density at radius 2 is 0.955 bits per heavy atom. The molecule has 0 aliphatic heterocycles. The van der Waals surface area contributed by atoms with Crippen LogP contribution in [0.3, 0.4) is 0 Å². The molecule has 0 bridgehead atoms. The summed E-state index contributed by atoms with van der Waals surface area (Å²) in [5.41, 5.74) is 4.41. The number of hydrogen-bond donors (Lipinski definition) is 2. The number of rotatable bonds is 3. The van der Waals surface area contributed by atoms with E-state index >= 15 is 0 Å². The Kier molecular flexibility index (Phi) is 3.05. The molecule has 2 heterocycles. The van der Waals surface area contributed by atoms with Gasteiger partial charge in [-0.15, -0.1) is 0 Å². The van der Waals surface area contributed by atoms with Gasteiger partial charge in [0, 0.05) is 35.9 Å². The number of H-pyrrole nitrogens is 2. The molecule has 0 aliphatic carbocycles. The van der Waals surface area contributed by atoms with E-state index in [1.807, 2.05) is 36.7 Å². The van der Waals surface area contributed by atoms with Crippen LogP contribution in [0.2, 0.25) is 0 Å². The molecule has 0 spiro atoms. The molecular weight excluding hydrogens is 272 g/mol.